The van der Waals surface area contributed by atoms with Gasteiger partial charge in [0.15, 0.2) is 0 Å². The Bertz CT molecular complexity index is 158. The third-order valence-electron chi connectivity index (χ3n) is 0.969. The van der Waals surface area contributed by atoms with Gasteiger partial charge < -0.3 is 9.05 Å². The molecule has 0 saturated heterocycles. The van der Waals surface area contributed by atoms with Crippen molar-refractivity contribution in [1.82, 2.24) is 5.06 Å². The Morgan fingerprint density at radius 2 is 1.83 bits per heavy atom. The lowest BCUT2D eigenvalue weighted by Gasteiger charge is -2.14. The van der Waals surface area contributed by atoms with Crippen molar-refractivity contribution in [2.24, 2.45) is 0 Å². The quantitative estimate of drug-likeness (QED) is 0.381. The minimum absolute atomic E-state index is 0.242. The van der Waals surface area contributed by atoms with Crippen molar-refractivity contribution >= 4 is 18.2 Å². The van der Waals surface area contributed by atoms with Crippen LogP contribution in [0.5, 0.6) is 0 Å². The van der Waals surface area contributed by atoms with E-state index in [0.29, 0.717) is 0 Å². The number of hydrogen-bond acceptors (Lipinski definition) is 6. The van der Waals surface area contributed by atoms with Gasteiger partial charge in [0.2, 0.25) is 0 Å². The van der Waals surface area contributed by atoms with Gasteiger partial charge in [0.25, 0.3) is 0 Å². The fraction of sp³-hybridized carbons (Fsp3) is 1.00. The molecule has 0 aliphatic carbocycles. The zero-order valence-corrected chi connectivity index (χ0v) is 9.35. The van der Waals surface area contributed by atoms with Gasteiger partial charge in [-0.2, -0.15) is 5.06 Å². The molecule has 0 spiro atoms. The van der Waals surface area contributed by atoms with Gasteiger partial charge in [-0.05, 0) is 11.4 Å². The Morgan fingerprint density at radius 1 is 1.33 bits per heavy atom. The van der Waals surface area contributed by atoms with Gasteiger partial charge >= 0.3 is 6.80 Å². The summed E-state index contributed by atoms with van der Waals surface area (Å²) in [6.45, 7) is -2.97. The SMILES string of the molecule is COP(=O)(OC)SCON(C)C. The van der Waals surface area contributed by atoms with Crippen LogP contribution in [0.4, 0.5) is 0 Å². The van der Waals surface area contributed by atoms with Crippen molar-refractivity contribution < 1.29 is 18.5 Å². The molecule has 0 atom stereocenters. The third kappa shape index (κ3) is 5.13. The summed E-state index contributed by atoms with van der Waals surface area (Å²) in [5.74, 6) is 0.242. The highest BCUT2D eigenvalue weighted by Crippen LogP contribution is 2.59. The second-order valence-electron chi connectivity index (χ2n) is 2.00. The van der Waals surface area contributed by atoms with E-state index in [0.717, 1.165) is 11.4 Å². The largest absolute Gasteiger partial charge is 0.390 e. The maximum atomic E-state index is 11.4. The van der Waals surface area contributed by atoms with E-state index < -0.39 is 6.80 Å². The van der Waals surface area contributed by atoms with Crippen molar-refractivity contribution in [3.05, 3.63) is 0 Å². The highest BCUT2D eigenvalue weighted by Gasteiger charge is 2.21. The van der Waals surface area contributed by atoms with E-state index in [-0.39, 0.29) is 5.94 Å². The zero-order chi connectivity index (χ0) is 9.61. The zero-order valence-electron chi connectivity index (χ0n) is 7.64. The second kappa shape index (κ2) is 5.96. The lowest BCUT2D eigenvalue weighted by molar-refractivity contribution is -0.0944. The molecule has 0 unspecified atom stereocenters. The Labute approximate surface area is 76.6 Å². The molecular weight excluding hydrogens is 201 g/mol. The maximum absolute atomic E-state index is 11.4. The molecular formula is C5H14NO4PS. The summed E-state index contributed by atoms with van der Waals surface area (Å²) in [5.41, 5.74) is 0. The molecule has 0 aliphatic heterocycles. The lowest BCUT2D eigenvalue weighted by atomic mass is 11.2. The molecule has 0 bridgehead atoms. The van der Waals surface area contributed by atoms with Crippen LogP contribution in [0, 0.1) is 0 Å². The van der Waals surface area contributed by atoms with Crippen LogP contribution in [-0.2, 0) is 18.5 Å². The first kappa shape index (κ1) is 12.4. The molecule has 12 heavy (non-hydrogen) atoms. The van der Waals surface area contributed by atoms with Crippen LogP contribution in [-0.4, -0.2) is 39.3 Å². The highest BCUT2D eigenvalue weighted by molar-refractivity contribution is 8.55. The lowest BCUT2D eigenvalue weighted by Crippen LogP contribution is -2.11. The Balaban J connectivity index is 3.67. The van der Waals surface area contributed by atoms with E-state index in [4.69, 9.17) is 4.84 Å². The van der Waals surface area contributed by atoms with Crippen LogP contribution >= 0.6 is 18.2 Å². The molecule has 0 aromatic heterocycles. The van der Waals surface area contributed by atoms with E-state index >= 15 is 0 Å². The van der Waals surface area contributed by atoms with Crippen molar-refractivity contribution in [2.75, 3.05) is 34.3 Å². The molecule has 0 aromatic carbocycles. The van der Waals surface area contributed by atoms with Gasteiger partial charge in [-0.3, -0.25) is 4.84 Å². The van der Waals surface area contributed by atoms with E-state index in [1.165, 1.54) is 19.3 Å². The summed E-state index contributed by atoms with van der Waals surface area (Å²) in [6.07, 6.45) is 0. The van der Waals surface area contributed by atoms with Crippen LogP contribution in [0.15, 0.2) is 0 Å². The molecule has 0 rings (SSSR count). The monoisotopic (exact) mass is 215 g/mol. The number of hydrogen-bond donors (Lipinski definition) is 0. The first-order chi connectivity index (χ1) is 5.54. The van der Waals surface area contributed by atoms with Crippen molar-refractivity contribution in [3.63, 3.8) is 0 Å². The highest BCUT2D eigenvalue weighted by atomic mass is 32.7. The van der Waals surface area contributed by atoms with Gasteiger partial charge in [0.1, 0.15) is 5.94 Å². The van der Waals surface area contributed by atoms with Gasteiger partial charge in [0.05, 0.1) is 0 Å². The average molecular weight is 215 g/mol. The van der Waals surface area contributed by atoms with Crippen LogP contribution in [0.2, 0.25) is 0 Å². The van der Waals surface area contributed by atoms with Crippen LogP contribution < -0.4 is 0 Å². The predicted octanol–water partition coefficient (Wildman–Crippen LogP) is 1.57. The van der Waals surface area contributed by atoms with E-state index in [1.807, 2.05) is 0 Å². The minimum atomic E-state index is -2.97. The Morgan fingerprint density at radius 3 is 2.17 bits per heavy atom. The molecule has 0 saturated carbocycles. The first-order valence-electron chi connectivity index (χ1n) is 3.20. The van der Waals surface area contributed by atoms with Crippen molar-refractivity contribution in [3.8, 4) is 0 Å². The van der Waals surface area contributed by atoms with E-state index in [9.17, 15) is 4.57 Å². The molecule has 0 heterocycles. The Kier molecular flexibility index (Phi) is 6.17. The third-order valence-corrected chi connectivity index (χ3v) is 4.55. The number of rotatable bonds is 6. The molecule has 5 nitrogen and oxygen atoms in total. The topological polar surface area (TPSA) is 48.0 Å². The summed E-state index contributed by atoms with van der Waals surface area (Å²) in [7, 11) is 6.16. The molecule has 0 aromatic rings. The minimum Gasteiger partial charge on any atom is -0.304 e. The summed E-state index contributed by atoms with van der Waals surface area (Å²) in [5, 5.41) is 1.52. The van der Waals surface area contributed by atoms with Crippen LogP contribution in [0.1, 0.15) is 0 Å². The van der Waals surface area contributed by atoms with Gasteiger partial charge in [-0.25, -0.2) is 4.57 Å². The fourth-order valence-corrected chi connectivity index (χ4v) is 2.28. The fourth-order valence-electron chi connectivity index (χ4n) is 0.373. The second-order valence-corrected chi connectivity index (χ2v) is 6.24. The summed E-state index contributed by atoms with van der Waals surface area (Å²) in [4.78, 5) is 5.01. The molecule has 0 aliphatic rings. The maximum Gasteiger partial charge on any atom is 0.390 e. The van der Waals surface area contributed by atoms with E-state index in [2.05, 4.69) is 9.05 Å². The van der Waals surface area contributed by atoms with Gasteiger partial charge in [-0.1, -0.05) is 0 Å². The molecule has 0 fully saturated rings. The molecule has 0 N–H and O–H groups in total. The number of nitrogens with zero attached hydrogens (tertiary/aromatic N) is 1. The van der Waals surface area contributed by atoms with Crippen molar-refractivity contribution in [2.45, 2.75) is 0 Å². The average Bonchev–Trinajstić information content (AvgIpc) is 2.03. The smallest absolute Gasteiger partial charge is 0.304 e. The summed E-state index contributed by atoms with van der Waals surface area (Å²) in [6, 6.07) is 0. The normalized spacial score (nSPS) is 12.4. The van der Waals surface area contributed by atoms with Crippen LogP contribution in [0.25, 0.3) is 0 Å². The standard InChI is InChI=1S/C5H14NO4PS/c1-6(2)10-5-12-11(7,8-3)9-4/h5H2,1-4H3. The predicted molar refractivity (Wildman–Crippen MR) is 48.9 cm³/mol. The van der Waals surface area contributed by atoms with Crippen molar-refractivity contribution in [1.29, 1.82) is 0 Å². The Hall–Kier alpha value is 0.420. The molecule has 0 radical (unpaired) electrons. The summed E-state index contributed by atoms with van der Waals surface area (Å²) < 4.78 is 20.7. The molecule has 0 amide bonds. The number of hydroxylamine groups is 2. The first-order valence-corrected chi connectivity index (χ1v) is 6.33. The molecule has 74 valence electrons. The van der Waals surface area contributed by atoms with E-state index in [1.54, 1.807) is 14.1 Å². The summed E-state index contributed by atoms with van der Waals surface area (Å²) >= 11 is 0.999. The van der Waals surface area contributed by atoms with Gasteiger partial charge in [0, 0.05) is 28.3 Å². The van der Waals surface area contributed by atoms with Crippen LogP contribution in [0.3, 0.4) is 0 Å². The molecule has 7 heteroatoms. The van der Waals surface area contributed by atoms with Gasteiger partial charge in [-0.15, -0.1) is 0 Å².